The molecule has 0 bridgehead atoms. The molecule has 2 nitrogen and oxygen atoms in total. The maximum Gasteiger partial charge on any atom is 0.137 e. The number of hydrogen-bond donors (Lipinski definition) is 1. The van der Waals surface area contributed by atoms with E-state index in [9.17, 15) is 4.79 Å². The summed E-state index contributed by atoms with van der Waals surface area (Å²) >= 11 is 0. The summed E-state index contributed by atoms with van der Waals surface area (Å²) in [4.78, 5) is 11.9. The summed E-state index contributed by atoms with van der Waals surface area (Å²) in [6.07, 6.45) is 3.04. The van der Waals surface area contributed by atoms with Gasteiger partial charge in [-0.3, -0.25) is 4.79 Å². The zero-order valence-electron chi connectivity index (χ0n) is 12.0. The zero-order chi connectivity index (χ0) is 13.7. The van der Waals surface area contributed by atoms with Gasteiger partial charge in [0.1, 0.15) is 5.78 Å². The molecule has 0 radical (unpaired) electrons. The highest BCUT2D eigenvalue weighted by atomic mass is 16.1. The molecule has 0 aliphatic rings. The lowest BCUT2D eigenvalue weighted by Crippen LogP contribution is -2.15. The van der Waals surface area contributed by atoms with Gasteiger partial charge in [-0.15, -0.1) is 0 Å². The molecule has 1 rings (SSSR count). The number of benzene rings is 1. The second-order valence-corrected chi connectivity index (χ2v) is 5.46. The van der Waals surface area contributed by atoms with Crippen molar-refractivity contribution in [1.29, 1.82) is 0 Å². The summed E-state index contributed by atoms with van der Waals surface area (Å²) in [6.45, 7) is 8.25. The molecule has 0 aliphatic carbocycles. The lowest BCUT2D eigenvalue weighted by molar-refractivity contribution is -0.118. The van der Waals surface area contributed by atoms with Crippen LogP contribution >= 0.6 is 0 Å². The van der Waals surface area contributed by atoms with Crippen LogP contribution in [-0.4, -0.2) is 11.8 Å². The zero-order valence-corrected chi connectivity index (χ0v) is 12.0. The van der Waals surface area contributed by atoms with Crippen molar-refractivity contribution >= 4 is 5.78 Å². The first kappa shape index (κ1) is 14.9. The Hall–Kier alpha value is -1.15. The summed E-state index contributed by atoms with van der Waals surface area (Å²) in [6, 6.07) is 4.50. The van der Waals surface area contributed by atoms with Crippen LogP contribution in [0.25, 0.3) is 0 Å². The number of Topliss-reactive ketones (excluding diaryl/α,β-unsaturated/α-hetero) is 1. The molecule has 0 saturated carbocycles. The molecule has 0 spiro atoms. The molecule has 1 atom stereocenters. The van der Waals surface area contributed by atoms with Gasteiger partial charge in [-0.05, 0) is 57.2 Å². The normalized spacial score (nSPS) is 12.5. The van der Waals surface area contributed by atoms with Crippen molar-refractivity contribution in [2.45, 2.75) is 59.4 Å². The molecule has 1 unspecified atom stereocenters. The number of hydrogen-bond acceptors (Lipinski definition) is 2. The molecule has 0 fully saturated rings. The van der Waals surface area contributed by atoms with Gasteiger partial charge in [0.05, 0.1) is 0 Å². The first-order chi connectivity index (χ1) is 8.40. The van der Waals surface area contributed by atoms with E-state index in [4.69, 9.17) is 5.73 Å². The predicted octanol–water partition coefficient (Wildman–Crippen LogP) is 3.24. The average molecular weight is 247 g/mol. The van der Waals surface area contributed by atoms with Crippen molar-refractivity contribution in [2.75, 3.05) is 0 Å². The number of carbonyl (C=O) groups is 1. The molecule has 1 aromatic carbocycles. The minimum Gasteiger partial charge on any atom is -0.328 e. The van der Waals surface area contributed by atoms with E-state index >= 15 is 0 Å². The van der Waals surface area contributed by atoms with Crippen molar-refractivity contribution in [3.05, 3.63) is 34.4 Å². The topological polar surface area (TPSA) is 43.1 Å². The van der Waals surface area contributed by atoms with Crippen molar-refractivity contribution in [1.82, 2.24) is 0 Å². The fourth-order valence-electron chi connectivity index (χ4n) is 2.40. The van der Waals surface area contributed by atoms with E-state index in [0.29, 0.717) is 18.6 Å². The Morgan fingerprint density at radius 3 is 2.28 bits per heavy atom. The summed E-state index contributed by atoms with van der Waals surface area (Å²) in [5, 5.41) is 0. The molecule has 0 aromatic heterocycles. The second kappa shape index (κ2) is 6.69. The molecule has 0 aliphatic heterocycles. The molecule has 18 heavy (non-hydrogen) atoms. The van der Waals surface area contributed by atoms with Crippen molar-refractivity contribution in [3.8, 4) is 0 Å². The Bertz CT molecular complexity index is 398. The van der Waals surface area contributed by atoms with Crippen LogP contribution in [0.1, 0.15) is 48.4 Å². The fraction of sp³-hybridized carbons (Fsp3) is 0.562. The summed E-state index contributed by atoms with van der Waals surface area (Å²) < 4.78 is 0. The SMILES string of the molecule is Cc1cc(C)c(CC(=O)CCCC(C)N)c(C)c1. The van der Waals surface area contributed by atoms with E-state index in [1.54, 1.807) is 0 Å². The minimum absolute atomic E-state index is 0.195. The van der Waals surface area contributed by atoms with Crippen molar-refractivity contribution < 1.29 is 4.79 Å². The van der Waals surface area contributed by atoms with Gasteiger partial charge < -0.3 is 5.73 Å². The van der Waals surface area contributed by atoms with E-state index in [-0.39, 0.29) is 6.04 Å². The lowest BCUT2D eigenvalue weighted by atomic mass is 9.94. The molecular weight excluding hydrogens is 222 g/mol. The van der Waals surface area contributed by atoms with Crippen LogP contribution in [0.4, 0.5) is 0 Å². The number of nitrogens with two attached hydrogens (primary N) is 1. The lowest BCUT2D eigenvalue weighted by Gasteiger charge is -2.11. The van der Waals surface area contributed by atoms with Crippen LogP contribution < -0.4 is 5.73 Å². The molecule has 1 aromatic rings. The average Bonchev–Trinajstić information content (AvgIpc) is 2.22. The number of carbonyl (C=O) groups excluding carboxylic acids is 1. The van der Waals surface area contributed by atoms with E-state index in [1.807, 2.05) is 6.92 Å². The monoisotopic (exact) mass is 247 g/mol. The number of ketones is 1. The number of rotatable bonds is 6. The Balaban J connectivity index is 2.59. The quantitative estimate of drug-likeness (QED) is 0.838. The molecule has 2 N–H and O–H groups in total. The maximum absolute atomic E-state index is 11.9. The van der Waals surface area contributed by atoms with Gasteiger partial charge >= 0.3 is 0 Å². The van der Waals surface area contributed by atoms with Crippen LogP contribution in [0.5, 0.6) is 0 Å². The molecule has 2 heteroatoms. The molecule has 100 valence electrons. The van der Waals surface area contributed by atoms with E-state index in [2.05, 4.69) is 32.9 Å². The summed E-state index contributed by atoms with van der Waals surface area (Å²) in [5.74, 6) is 0.325. The standard InChI is InChI=1S/C16H25NO/c1-11-8-12(2)16(13(3)9-11)10-15(18)7-5-6-14(4)17/h8-9,14H,5-7,10,17H2,1-4H3. The predicted molar refractivity (Wildman–Crippen MR) is 76.9 cm³/mol. The van der Waals surface area contributed by atoms with E-state index < -0.39 is 0 Å². The largest absolute Gasteiger partial charge is 0.328 e. The van der Waals surface area contributed by atoms with Crippen LogP contribution in [0.3, 0.4) is 0 Å². The van der Waals surface area contributed by atoms with Crippen LogP contribution in [0.15, 0.2) is 12.1 Å². The highest BCUT2D eigenvalue weighted by Crippen LogP contribution is 2.18. The minimum atomic E-state index is 0.195. The van der Waals surface area contributed by atoms with Gasteiger partial charge in [-0.2, -0.15) is 0 Å². The Kier molecular flexibility index (Phi) is 5.54. The summed E-state index contributed by atoms with van der Waals surface area (Å²) in [5.41, 5.74) is 10.6. The third kappa shape index (κ3) is 4.61. The van der Waals surface area contributed by atoms with E-state index in [1.165, 1.54) is 22.3 Å². The Morgan fingerprint density at radius 1 is 1.22 bits per heavy atom. The molecule has 0 amide bonds. The van der Waals surface area contributed by atoms with Gasteiger partial charge in [-0.1, -0.05) is 17.7 Å². The highest BCUT2D eigenvalue weighted by molar-refractivity contribution is 5.81. The molecular formula is C16H25NO. The van der Waals surface area contributed by atoms with Crippen LogP contribution in [-0.2, 0) is 11.2 Å². The fourth-order valence-corrected chi connectivity index (χ4v) is 2.40. The maximum atomic E-state index is 11.9. The van der Waals surface area contributed by atoms with Gasteiger partial charge in [0, 0.05) is 18.9 Å². The van der Waals surface area contributed by atoms with Gasteiger partial charge in [-0.25, -0.2) is 0 Å². The van der Waals surface area contributed by atoms with Crippen LogP contribution in [0.2, 0.25) is 0 Å². The highest BCUT2D eigenvalue weighted by Gasteiger charge is 2.09. The Morgan fingerprint density at radius 2 is 1.78 bits per heavy atom. The first-order valence-corrected chi connectivity index (χ1v) is 6.74. The van der Waals surface area contributed by atoms with Gasteiger partial charge in [0.2, 0.25) is 0 Å². The third-order valence-electron chi connectivity index (χ3n) is 3.33. The Labute approximate surface area is 111 Å². The molecule has 0 saturated heterocycles. The number of aryl methyl sites for hydroxylation is 3. The van der Waals surface area contributed by atoms with Crippen molar-refractivity contribution in [3.63, 3.8) is 0 Å². The smallest absolute Gasteiger partial charge is 0.137 e. The first-order valence-electron chi connectivity index (χ1n) is 6.74. The molecule has 0 heterocycles. The van der Waals surface area contributed by atoms with Gasteiger partial charge in [0.25, 0.3) is 0 Å². The van der Waals surface area contributed by atoms with E-state index in [0.717, 1.165) is 12.8 Å². The third-order valence-corrected chi connectivity index (χ3v) is 3.33. The van der Waals surface area contributed by atoms with Crippen molar-refractivity contribution in [2.24, 2.45) is 5.73 Å². The van der Waals surface area contributed by atoms with Crippen LogP contribution in [0, 0.1) is 20.8 Å². The van der Waals surface area contributed by atoms with Gasteiger partial charge in [0.15, 0.2) is 0 Å². The summed E-state index contributed by atoms with van der Waals surface area (Å²) in [7, 11) is 0. The second-order valence-electron chi connectivity index (χ2n) is 5.46.